The summed E-state index contributed by atoms with van der Waals surface area (Å²) in [7, 11) is 0. The average Bonchev–Trinajstić information content (AvgIpc) is 3.44. The second-order valence-corrected chi connectivity index (χ2v) is 8.88. The highest BCUT2D eigenvalue weighted by Crippen LogP contribution is 2.65. The minimum Gasteiger partial charge on any atom is -0.478 e. The molecule has 3 fully saturated rings. The Bertz CT molecular complexity index is 1270. The van der Waals surface area contributed by atoms with Crippen LogP contribution in [0, 0.1) is 45.6 Å². The molecule has 0 spiro atoms. The molecule has 0 unspecified atom stereocenters. The average molecular weight is 447 g/mol. The number of nitro groups is 1. The molecule has 0 radical (unpaired) electrons. The summed E-state index contributed by atoms with van der Waals surface area (Å²) in [6.45, 7) is 0. The van der Waals surface area contributed by atoms with Gasteiger partial charge in [-0.25, -0.2) is 4.79 Å². The number of carbonyl (C=O) groups excluding carboxylic acids is 2. The third-order valence-corrected chi connectivity index (χ3v) is 7.28. The number of hydrazone groups is 1. The molecule has 2 saturated carbocycles. The number of non-ortho nitro benzene ring substituents is 1. The molecule has 7 rings (SSSR count). The van der Waals surface area contributed by atoms with Crippen LogP contribution in [-0.2, 0) is 9.59 Å². The zero-order valence-electron chi connectivity index (χ0n) is 17.0. The molecule has 5 aliphatic rings. The minimum absolute atomic E-state index is 0.105. The number of allylic oxidation sites excluding steroid dienone is 2. The van der Waals surface area contributed by atoms with Gasteiger partial charge in [0.1, 0.15) is 11.5 Å². The third kappa shape index (κ3) is 2.80. The fraction of sp³-hybridized carbons (Fsp3) is 0.304. The van der Waals surface area contributed by atoms with Crippen molar-refractivity contribution in [2.75, 3.05) is 0 Å². The Morgan fingerprint density at radius 1 is 1.12 bits per heavy atom. The number of nitro benzene ring substituents is 1. The molecular weight excluding hydrogens is 430 g/mol. The van der Waals surface area contributed by atoms with Crippen molar-refractivity contribution in [3.05, 3.63) is 63.9 Å². The Kier molecular flexibility index (Phi) is 3.98. The van der Waals surface area contributed by atoms with Gasteiger partial charge in [0.05, 0.1) is 28.5 Å². The predicted molar refractivity (Wildman–Crippen MR) is 112 cm³/mol. The lowest BCUT2D eigenvalue weighted by Crippen LogP contribution is -2.40. The first-order chi connectivity index (χ1) is 15.8. The highest BCUT2D eigenvalue weighted by Gasteiger charge is 2.67. The van der Waals surface area contributed by atoms with Gasteiger partial charge in [-0.3, -0.25) is 19.7 Å². The quantitative estimate of drug-likeness (QED) is 0.244. The van der Waals surface area contributed by atoms with Gasteiger partial charge in [-0.05, 0) is 48.3 Å². The van der Waals surface area contributed by atoms with Gasteiger partial charge in [0.25, 0.3) is 17.5 Å². The van der Waals surface area contributed by atoms with E-state index in [9.17, 15) is 29.6 Å². The maximum atomic E-state index is 13.0. The molecule has 2 heterocycles. The van der Waals surface area contributed by atoms with E-state index >= 15 is 0 Å². The Morgan fingerprint density at radius 2 is 1.79 bits per heavy atom. The Morgan fingerprint density at radius 3 is 2.39 bits per heavy atom. The van der Waals surface area contributed by atoms with Crippen LogP contribution < -0.4 is 0 Å². The third-order valence-electron chi connectivity index (χ3n) is 7.28. The van der Waals surface area contributed by atoms with Crippen molar-refractivity contribution in [3.63, 3.8) is 0 Å². The number of carboxylic acid groups (broad SMARTS) is 1. The second-order valence-electron chi connectivity index (χ2n) is 8.88. The number of imide groups is 1. The molecule has 1 N–H and O–H groups in total. The number of nitrogens with zero attached hydrogens (tertiary/aromatic N) is 3. The Balaban J connectivity index is 1.26. The van der Waals surface area contributed by atoms with Crippen molar-refractivity contribution in [1.29, 1.82) is 0 Å². The van der Waals surface area contributed by atoms with Crippen LogP contribution in [0.1, 0.15) is 22.5 Å². The summed E-state index contributed by atoms with van der Waals surface area (Å²) < 4.78 is 5.64. The number of rotatable bonds is 5. The molecule has 1 aromatic heterocycles. The molecule has 10 heteroatoms. The number of carboxylic acids is 1. The summed E-state index contributed by atoms with van der Waals surface area (Å²) in [5.74, 6) is -1.03. The van der Waals surface area contributed by atoms with Gasteiger partial charge in [-0.1, -0.05) is 12.2 Å². The van der Waals surface area contributed by atoms with E-state index in [2.05, 4.69) is 17.3 Å². The van der Waals surface area contributed by atoms with Gasteiger partial charge >= 0.3 is 5.97 Å². The van der Waals surface area contributed by atoms with Crippen LogP contribution >= 0.6 is 0 Å². The van der Waals surface area contributed by atoms with Crippen molar-refractivity contribution in [1.82, 2.24) is 5.01 Å². The smallest absolute Gasteiger partial charge is 0.336 e. The zero-order valence-corrected chi connectivity index (χ0v) is 17.0. The molecular formula is C23H17N3O7. The summed E-state index contributed by atoms with van der Waals surface area (Å²) in [4.78, 5) is 47.8. The number of hydrogen-bond acceptors (Lipinski definition) is 7. The van der Waals surface area contributed by atoms with Crippen LogP contribution in [0.4, 0.5) is 5.69 Å². The van der Waals surface area contributed by atoms with Crippen LogP contribution in [0.25, 0.3) is 11.3 Å². The molecule has 4 aliphatic carbocycles. The van der Waals surface area contributed by atoms with Crippen LogP contribution in [0.5, 0.6) is 0 Å². The zero-order chi connectivity index (χ0) is 23.0. The molecule has 166 valence electrons. The number of amides is 2. The SMILES string of the molecule is O=C(O)c1cc([N+](=O)[O-])ccc1-c1ccc(/C=N\N2C(=O)[C@@H]3[C@H]4C=C[C@@H]([C@@H]5C[C@@H]45)[C@H]3C2=O)o1. The summed E-state index contributed by atoms with van der Waals surface area (Å²) in [5, 5.41) is 25.4. The van der Waals surface area contributed by atoms with Gasteiger partial charge in [0.15, 0.2) is 0 Å². The highest BCUT2D eigenvalue weighted by atomic mass is 16.6. The predicted octanol–water partition coefficient (Wildman–Crippen LogP) is 2.94. The molecule has 2 aromatic rings. The number of hydrogen-bond donors (Lipinski definition) is 1. The number of benzene rings is 1. The largest absolute Gasteiger partial charge is 0.478 e. The summed E-state index contributed by atoms with van der Waals surface area (Å²) in [6, 6.07) is 6.47. The lowest BCUT2D eigenvalue weighted by atomic mass is 9.63. The number of carbonyl (C=O) groups is 3. The lowest BCUT2D eigenvalue weighted by Gasteiger charge is -2.37. The number of aromatic carboxylic acids is 1. The van der Waals surface area contributed by atoms with Crippen molar-refractivity contribution in [2.45, 2.75) is 6.42 Å². The van der Waals surface area contributed by atoms with Crippen molar-refractivity contribution >= 4 is 29.7 Å². The van der Waals surface area contributed by atoms with Gasteiger partial charge in [0, 0.05) is 17.7 Å². The molecule has 33 heavy (non-hydrogen) atoms. The van der Waals surface area contributed by atoms with Crippen LogP contribution in [-0.4, -0.2) is 39.0 Å². The van der Waals surface area contributed by atoms with Crippen LogP contribution in [0.2, 0.25) is 0 Å². The van der Waals surface area contributed by atoms with E-state index in [4.69, 9.17) is 4.42 Å². The molecule has 1 aromatic carbocycles. The van der Waals surface area contributed by atoms with E-state index in [1.807, 2.05) is 0 Å². The van der Waals surface area contributed by atoms with E-state index < -0.39 is 10.9 Å². The van der Waals surface area contributed by atoms with Gasteiger partial charge in [-0.15, -0.1) is 0 Å². The number of furan rings is 1. The molecule has 1 aliphatic heterocycles. The summed E-state index contributed by atoms with van der Waals surface area (Å²) >= 11 is 0. The maximum absolute atomic E-state index is 13.0. The fourth-order valence-corrected chi connectivity index (χ4v) is 5.77. The first-order valence-corrected chi connectivity index (χ1v) is 10.6. The van der Waals surface area contributed by atoms with Crippen LogP contribution in [0.15, 0.2) is 52.0 Å². The van der Waals surface area contributed by atoms with Crippen molar-refractivity contribution in [2.24, 2.45) is 40.6 Å². The van der Waals surface area contributed by atoms with E-state index in [1.165, 1.54) is 30.5 Å². The topological polar surface area (TPSA) is 143 Å². The van der Waals surface area contributed by atoms with Gasteiger partial charge in [-0.2, -0.15) is 10.1 Å². The second kappa shape index (κ2) is 6.71. The standard InChI is InChI=1S/C23H17N3O7/c27-21-19-13-4-5-14(16-8-15(13)16)20(19)22(28)25(21)24-9-11-2-6-18(33-11)12-3-1-10(26(31)32)7-17(12)23(29)30/h1-7,9,13-16,19-20H,8H2,(H,29,30)/b24-9-/t13-,14-,15-,16-,19+,20+/m0/s1. The molecule has 2 amide bonds. The lowest BCUT2D eigenvalue weighted by molar-refractivity contribution is -0.384. The van der Waals surface area contributed by atoms with Crippen molar-refractivity contribution < 1.29 is 28.8 Å². The molecule has 1 saturated heterocycles. The molecule has 6 atom stereocenters. The monoisotopic (exact) mass is 447 g/mol. The van der Waals surface area contributed by atoms with E-state index in [1.54, 1.807) is 0 Å². The fourth-order valence-electron chi connectivity index (χ4n) is 5.77. The van der Waals surface area contributed by atoms with Crippen molar-refractivity contribution in [3.8, 4) is 11.3 Å². The first-order valence-electron chi connectivity index (χ1n) is 10.6. The minimum atomic E-state index is -1.34. The maximum Gasteiger partial charge on any atom is 0.336 e. The van der Waals surface area contributed by atoms with Crippen LogP contribution in [0.3, 0.4) is 0 Å². The summed E-state index contributed by atoms with van der Waals surface area (Å²) in [5.41, 5.74) is -0.468. The Labute approximate surface area is 186 Å². The van der Waals surface area contributed by atoms with E-state index in [-0.39, 0.29) is 63.8 Å². The first kappa shape index (κ1) is 19.6. The molecule has 2 bridgehead atoms. The molecule has 10 nitrogen and oxygen atoms in total. The van der Waals surface area contributed by atoms with Gasteiger partial charge < -0.3 is 9.52 Å². The highest BCUT2D eigenvalue weighted by molar-refractivity contribution is 6.06. The van der Waals surface area contributed by atoms with E-state index in [0.717, 1.165) is 17.5 Å². The van der Waals surface area contributed by atoms with E-state index in [0.29, 0.717) is 11.8 Å². The Hall–Kier alpha value is -4.08. The van der Waals surface area contributed by atoms with Gasteiger partial charge in [0.2, 0.25) is 0 Å². The normalized spacial score (nSPS) is 31.2. The summed E-state index contributed by atoms with van der Waals surface area (Å²) in [6.07, 6.45) is 6.50.